The Morgan fingerprint density at radius 3 is 2.24 bits per heavy atom. The van der Waals surface area contributed by atoms with E-state index in [0.29, 0.717) is 0 Å². The largest absolute Gasteiger partial charge is 0.478 e. The topological polar surface area (TPSA) is 80.7 Å². The van der Waals surface area contributed by atoms with Crippen molar-refractivity contribution in [2.45, 2.75) is 20.3 Å². The second-order valence-corrected chi connectivity index (χ2v) is 3.45. The van der Waals surface area contributed by atoms with E-state index in [9.17, 15) is 14.4 Å². The van der Waals surface area contributed by atoms with Crippen LogP contribution < -0.4 is 0 Å². The Morgan fingerprint density at radius 1 is 1.18 bits per heavy atom. The second kappa shape index (κ2) is 5.25. The molecule has 2 rings (SSSR count). The molecule has 0 amide bonds. The zero-order valence-corrected chi connectivity index (χ0v) is 9.52. The fourth-order valence-corrected chi connectivity index (χ4v) is 1.22. The van der Waals surface area contributed by atoms with Gasteiger partial charge in [-0.2, -0.15) is 0 Å². The summed E-state index contributed by atoms with van der Waals surface area (Å²) in [5.74, 6) is -2.69. The number of carboxylic acids is 1. The van der Waals surface area contributed by atoms with Gasteiger partial charge in [-0.05, 0) is 18.2 Å². The van der Waals surface area contributed by atoms with Gasteiger partial charge in [-0.15, -0.1) is 0 Å². The summed E-state index contributed by atoms with van der Waals surface area (Å²) >= 11 is 0. The van der Waals surface area contributed by atoms with E-state index >= 15 is 0 Å². The maximum atomic E-state index is 11.0. The highest BCUT2D eigenvalue weighted by Crippen LogP contribution is 2.20. The first kappa shape index (κ1) is 12.9. The van der Waals surface area contributed by atoms with Gasteiger partial charge in [-0.1, -0.05) is 20.3 Å². The summed E-state index contributed by atoms with van der Waals surface area (Å²) < 4.78 is 4.30. The molecule has 0 aromatic heterocycles. The fourth-order valence-electron chi connectivity index (χ4n) is 1.22. The number of hydrogen-bond donors (Lipinski definition) is 1. The lowest BCUT2D eigenvalue weighted by Gasteiger charge is -1.94. The molecule has 90 valence electrons. The molecular formula is C12H12O5. The van der Waals surface area contributed by atoms with E-state index in [4.69, 9.17) is 5.11 Å². The van der Waals surface area contributed by atoms with E-state index in [0.717, 1.165) is 6.07 Å². The third-order valence-corrected chi connectivity index (χ3v) is 1.89. The first-order chi connectivity index (χ1) is 8.01. The maximum Gasteiger partial charge on any atom is 0.346 e. The zero-order valence-electron chi connectivity index (χ0n) is 9.52. The molecule has 0 bridgehead atoms. The number of carbonyl (C=O) groups is 3. The van der Waals surface area contributed by atoms with Gasteiger partial charge in [0.1, 0.15) is 0 Å². The summed E-state index contributed by atoms with van der Waals surface area (Å²) in [5, 5.41) is 8.63. The molecular weight excluding hydrogens is 224 g/mol. The summed E-state index contributed by atoms with van der Waals surface area (Å²) in [5.41, 5.74) is 0.0744. The number of aromatic carboxylic acids is 1. The van der Waals surface area contributed by atoms with Gasteiger partial charge >= 0.3 is 17.9 Å². The number of hydrogen-bond acceptors (Lipinski definition) is 4. The lowest BCUT2D eigenvalue weighted by Crippen LogP contribution is -2.00. The molecule has 0 unspecified atom stereocenters. The van der Waals surface area contributed by atoms with Gasteiger partial charge in [0.05, 0.1) is 16.7 Å². The van der Waals surface area contributed by atoms with Crippen LogP contribution in [0.15, 0.2) is 18.2 Å². The number of esters is 2. The number of ether oxygens (including phenoxy) is 1. The van der Waals surface area contributed by atoms with Crippen molar-refractivity contribution in [1.29, 1.82) is 0 Å². The first-order valence-electron chi connectivity index (χ1n) is 5.15. The van der Waals surface area contributed by atoms with E-state index in [-0.39, 0.29) is 16.7 Å². The van der Waals surface area contributed by atoms with Crippen LogP contribution in [-0.2, 0) is 4.74 Å². The molecule has 0 aliphatic carbocycles. The van der Waals surface area contributed by atoms with E-state index in [1.165, 1.54) is 18.6 Å². The SMILES string of the molecule is CCC.O=C(O)c1ccc2c(c1)C(=O)OC2=O. The average Bonchev–Trinajstić information content (AvgIpc) is 2.55. The summed E-state index contributed by atoms with van der Waals surface area (Å²) in [6.07, 6.45) is 1.25. The lowest BCUT2D eigenvalue weighted by atomic mass is 10.1. The van der Waals surface area contributed by atoms with Crippen molar-refractivity contribution in [3.63, 3.8) is 0 Å². The maximum absolute atomic E-state index is 11.0. The second-order valence-electron chi connectivity index (χ2n) is 3.45. The van der Waals surface area contributed by atoms with Crippen molar-refractivity contribution in [3.8, 4) is 0 Å². The molecule has 0 saturated carbocycles. The summed E-state index contributed by atoms with van der Waals surface area (Å²) in [7, 11) is 0. The first-order valence-corrected chi connectivity index (χ1v) is 5.15. The summed E-state index contributed by atoms with van der Waals surface area (Å²) in [6.45, 7) is 4.25. The average molecular weight is 236 g/mol. The molecule has 0 spiro atoms. The van der Waals surface area contributed by atoms with Crippen LogP contribution in [0.25, 0.3) is 0 Å². The van der Waals surface area contributed by atoms with Crippen molar-refractivity contribution in [3.05, 3.63) is 34.9 Å². The van der Waals surface area contributed by atoms with E-state index < -0.39 is 17.9 Å². The molecule has 1 heterocycles. The molecule has 0 fully saturated rings. The van der Waals surface area contributed by atoms with Crippen LogP contribution in [0.1, 0.15) is 51.3 Å². The van der Waals surface area contributed by atoms with Crippen LogP contribution in [0.3, 0.4) is 0 Å². The number of carboxylic acid groups (broad SMARTS) is 1. The van der Waals surface area contributed by atoms with Gasteiger partial charge in [0, 0.05) is 0 Å². The third kappa shape index (κ3) is 2.69. The highest BCUT2D eigenvalue weighted by molar-refractivity contribution is 6.15. The quantitative estimate of drug-likeness (QED) is 0.596. The van der Waals surface area contributed by atoms with Crippen LogP contribution in [-0.4, -0.2) is 23.0 Å². The van der Waals surface area contributed by atoms with Crippen molar-refractivity contribution < 1.29 is 24.2 Å². The molecule has 5 nitrogen and oxygen atoms in total. The van der Waals surface area contributed by atoms with Crippen molar-refractivity contribution in [2.75, 3.05) is 0 Å². The Balaban J connectivity index is 0.000000437. The normalized spacial score (nSPS) is 12.4. The Labute approximate surface area is 98.0 Å². The van der Waals surface area contributed by atoms with Crippen molar-refractivity contribution in [1.82, 2.24) is 0 Å². The number of benzene rings is 1. The Kier molecular flexibility index (Phi) is 3.98. The predicted octanol–water partition coefficient (Wildman–Crippen LogP) is 2.11. The van der Waals surface area contributed by atoms with E-state index in [1.807, 2.05) is 0 Å². The van der Waals surface area contributed by atoms with Crippen LogP contribution in [0.5, 0.6) is 0 Å². The van der Waals surface area contributed by atoms with E-state index in [1.54, 1.807) is 0 Å². The minimum Gasteiger partial charge on any atom is -0.478 e. The van der Waals surface area contributed by atoms with E-state index in [2.05, 4.69) is 18.6 Å². The number of rotatable bonds is 1. The van der Waals surface area contributed by atoms with Crippen molar-refractivity contribution in [2.24, 2.45) is 0 Å². The fraction of sp³-hybridized carbons (Fsp3) is 0.250. The number of fused-ring (bicyclic) bond motifs is 1. The van der Waals surface area contributed by atoms with Crippen molar-refractivity contribution >= 4 is 17.9 Å². The highest BCUT2D eigenvalue weighted by atomic mass is 16.6. The molecule has 1 aliphatic heterocycles. The predicted molar refractivity (Wildman–Crippen MR) is 59.1 cm³/mol. The number of cyclic esters (lactones) is 2. The molecule has 1 N–H and O–H groups in total. The molecule has 1 aliphatic rings. The lowest BCUT2D eigenvalue weighted by molar-refractivity contribution is 0.0443. The Hall–Kier alpha value is -2.17. The van der Waals surface area contributed by atoms with Gasteiger partial charge in [-0.25, -0.2) is 14.4 Å². The number of carbonyl (C=O) groups excluding carboxylic acids is 2. The minimum absolute atomic E-state index is 0.00917. The van der Waals surface area contributed by atoms with Gasteiger partial charge in [0.15, 0.2) is 0 Å². The highest BCUT2D eigenvalue weighted by Gasteiger charge is 2.30. The molecule has 0 saturated heterocycles. The molecule has 5 heteroatoms. The van der Waals surface area contributed by atoms with Crippen LogP contribution in [0, 0.1) is 0 Å². The molecule has 17 heavy (non-hydrogen) atoms. The van der Waals surface area contributed by atoms with Gasteiger partial charge < -0.3 is 9.84 Å². The Morgan fingerprint density at radius 2 is 1.71 bits per heavy atom. The smallest absolute Gasteiger partial charge is 0.346 e. The van der Waals surface area contributed by atoms with Crippen LogP contribution >= 0.6 is 0 Å². The summed E-state index contributed by atoms with van der Waals surface area (Å²) in [6, 6.07) is 3.65. The van der Waals surface area contributed by atoms with Crippen LogP contribution in [0.4, 0.5) is 0 Å². The summed E-state index contributed by atoms with van der Waals surface area (Å²) in [4.78, 5) is 32.5. The monoisotopic (exact) mass is 236 g/mol. The van der Waals surface area contributed by atoms with Gasteiger partial charge in [0.25, 0.3) is 0 Å². The third-order valence-electron chi connectivity index (χ3n) is 1.89. The minimum atomic E-state index is -1.15. The Bertz CT molecular complexity index is 476. The van der Waals surface area contributed by atoms with Gasteiger partial charge in [-0.3, -0.25) is 0 Å². The molecule has 1 aromatic carbocycles. The zero-order chi connectivity index (χ0) is 13.0. The van der Waals surface area contributed by atoms with Gasteiger partial charge in [0.2, 0.25) is 0 Å². The molecule has 0 atom stereocenters. The molecule has 1 aromatic rings. The molecule has 0 radical (unpaired) electrons. The standard InChI is InChI=1S/C9H4O5.C3H8/c10-7(11)4-1-2-5-6(3-4)9(13)14-8(5)12;1-3-2/h1-3H,(H,10,11);3H2,1-2H3. The van der Waals surface area contributed by atoms with Crippen LogP contribution in [0.2, 0.25) is 0 Å².